The predicted octanol–water partition coefficient (Wildman–Crippen LogP) is 3.96. The average Bonchev–Trinajstić information content (AvgIpc) is 3.04. The fourth-order valence-corrected chi connectivity index (χ4v) is 7.71. The molecule has 0 aromatic carbocycles. The second-order valence-corrected chi connectivity index (χ2v) is 14.8. The van der Waals surface area contributed by atoms with Crippen LogP contribution in [0.3, 0.4) is 0 Å². The molecule has 3 heterocycles. The normalized spacial score (nSPS) is 40.9. The SMILES string of the molecule is CCC1OC(=O)CC(O)C(C)C(OC2OC(C)C(C)C(N(C)C)C2O)C(CCN2CCCCC2)CC(C)C(=O)/C=C/C(C)=C/C1CO. The Bertz CT molecular complexity index is 1040. The summed E-state index contributed by atoms with van der Waals surface area (Å²) in [7, 11) is 3.88. The average molecular weight is 665 g/mol. The third-order valence-corrected chi connectivity index (χ3v) is 10.9. The van der Waals surface area contributed by atoms with Gasteiger partial charge in [0.05, 0.1) is 31.3 Å². The van der Waals surface area contributed by atoms with E-state index in [0.717, 1.165) is 44.5 Å². The number of esters is 1. The number of nitrogens with zero attached hydrogens (tertiary/aromatic N) is 2. The minimum Gasteiger partial charge on any atom is -0.462 e. The zero-order valence-electron chi connectivity index (χ0n) is 30.2. The maximum absolute atomic E-state index is 13.5. The lowest BCUT2D eigenvalue weighted by Crippen LogP contribution is -2.60. The largest absolute Gasteiger partial charge is 0.462 e. The van der Waals surface area contributed by atoms with Gasteiger partial charge in [0.15, 0.2) is 12.1 Å². The van der Waals surface area contributed by atoms with Crippen molar-refractivity contribution in [3.05, 3.63) is 23.8 Å². The molecule has 3 aliphatic heterocycles. The van der Waals surface area contributed by atoms with E-state index in [1.807, 2.05) is 59.7 Å². The molecule has 10 heteroatoms. The quantitative estimate of drug-likeness (QED) is 0.328. The summed E-state index contributed by atoms with van der Waals surface area (Å²) < 4.78 is 18.9. The van der Waals surface area contributed by atoms with Crippen molar-refractivity contribution >= 4 is 11.8 Å². The summed E-state index contributed by atoms with van der Waals surface area (Å²) in [6.45, 7) is 14.3. The zero-order valence-corrected chi connectivity index (χ0v) is 30.2. The molecule has 2 saturated heterocycles. The Morgan fingerprint density at radius 2 is 1.70 bits per heavy atom. The summed E-state index contributed by atoms with van der Waals surface area (Å²) in [6, 6.07) is -0.204. The number of hydrogen-bond donors (Lipinski definition) is 3. The Hall–Kier alpha value is -1.66. The molecule has 47 heavy (non-hydrogen) atoms. The van der Waals surface area contributed by atoms with Crippen LogP contribution in [0.25, 0.3) is 0 Å². The van der Waals surface area contributed by atoms with E-state index in [1.165, 1.54) is 6.42 Å². The Kier molecular flexibility index (Phi) is 16.0. The van der Waals surface area contributed by atoms with Gasteiger partial charge in [-0.25, -0.2) is 0 Å². The van der Waals surface area contributed by atoms with Gasteiger partial charge in [0.2, 0.25) is 0 Å². The van der Waals surface area contributed by atoms with Crippen molar-refractivity contribution in [2.45, 2.75) is 129 Å². The Labute approximate surface area is 283 Å². The molecule has 0 amide bonds. The highest BCUT2D eigenvalue weighted by molar-refractivity contribution is 5.91. The Morgan fingerprint density at radius 1 is 1.02 bits per heavy atom. The van der Waals surface area contributed by atoms with Gasteiger partial charge in [0, 0.05) is 29.7 Å². The van der Waals surface area contributed by atoms with Gasteiger partial charge in [-0.05, 0) is 91.7 Å². The van der Waals surface area contributed by atoms with Crippen molar-refractivity contribution in [3.8, 4) is 0 Å². The van der Waals surface area contributed by atoms with Gasteiger partial charge in [0.25, 0.3) is 0 Å². The van der Waals surface area contributed by atoms with Crippen LogP contribution in [-0.4, -0.2) is 120 Å². The number of carbonyl (C=O) groups is 2. The standard InChI is InChI=1S/C37H64N2O8/c1-9-32-29(22-40)19-23(2)13-14-30(41)24(3)20-28(15-18-39-16-11-10-12-17-39)36(26(5)31(42)21-33(43)46-32)47-37-35(44)34(38(7)8)25(4)27(6)45-37/h13-14,19,24-29,31-32,34-37,40,42,44H,9-12,15-18,20-22H2,1-8H3/b14-13+,23-19+. The number of ether oxygens (including phenoxy) is 3. The van der Waals surface area contributed by atoms with Crippen LogP contribution in [0.5, 0.6) is 0 Å². The summed E-state index contributed by atoms with van der Waals surface area (Å²) in [5.41, 5.74) is 0.796. The third kappa shape index (κ3) is 11.2. The molecule has 0 spiro atoms. The molecule has 0 bridgehead atoms. The van der Waals surface area contributed by atoms with E-state index < -0.39 is 48.5 Å². The van der Waals surface area contributed by atoms with Crippen LogP contribution in [-0.2, 0) is 23.8 Å². The van der Waals surface area contributed by atoms with Gasteiger partial charge in [-0.15, -0.1) is 0 Å². The first kappa shape index (κ1) is 39.8. The van der Waals surface area contributed by atoms with Crippen molar-refractivity contribution < 1.29 is 39.1 Å². The molecule has 12 unspecified atom stereocenters. The van der Waals surface area contributed by atoms with Gasteiger partial charge < -0.3 is 39.3 Å². The van der Waals surface area contributed by atoms with E-state index in [1.54, 1.807) is 12.2 Å². The molecular formula is C37H64N2O8. The molecule has 0 aromatic rings. The maximum Gasteiger partial charge on any atom is 0.308 e. The number of cyclic esters (lactones) is 1. The maximum atomic E-state index is 13.5. The first-order valence-electron chi connectivity index (χ1n) is 18.0. The van der Waals surface area contributed by atoms with Crippen molar-refractivity contribution in [1.29, 1.82) is 0 Å². The van der Waals surface area contributed by atoms with Gasteiger partial charge in [0.1, 0.15) is 12.2 Å². The lowest BCUT2D eigenvalue weighted by molar-refractivity contribution is -0.295. The van der Waals surface area contributed by atoms with E-state index in [-0.39, 0.29) is 48.7 Å². The van der Waals surface area contributed by atoms with Crippen molar-refractivity contribution in [2.75, 3.05) is 40.3 Å². The molecule has 0 aliphatic carbocycles. The third-order valence-electron chi connectivity index (χ3n) is 10.9. The van der Waals surface area contributed by atoms with Gasteiger partial charge >= 0.3 is 5.97 Å². The van der Waals surface area contributed by atoms with Crippen LogP contribution >= 0.6 is 0 Å². The second-order valence-electron chi connectivity index (χ2n) is 14.8. The molecule has 3 N–H and O–H groups in total. The molecular weight excluding hydrogens is 600 g/mol. The molecule has 10 nitrogen and oxygen atoms in total. The summed E-state index contributed by atoms with van der Waals surface area (Å²) >= 11 is 0. The van der Waals surface area contributed by atoms with E-state index in [0.29, 0.717) is 12.8 Å². The minimum atomic E-state index is -1.10. The van der Waals surface area contributed by atoms with Gasteiger partial charge in [-0.1, -0.05) is 51.8 Å². The number of carbonyl (C=O) groups excluding carboxylic acids is 2. The number of piperidine rings is 1. The van der Waals surface area contributed by atoms with Gasteiger partial charge in [-0.2, -0.15) is 0 Å². The first-order chi connectivity index (χ1) is 22.3. The van der Waals surface area contributed by atoms with E-state index in [9.17, 15) is 24.9 Å². The molecule has 0 aromatic heterocycles. The second kappa shape index (κ2) is 18.9. The first-order valence-corrected chi connectivity index (χ1v) is 18.0. The van der Waals surface area contributed by atoms with Crippen LogP contribution in [0.4, 0.5) is 0 Å². The predicted molar refractivity (Wildman–Crippen MR) is 182 cm³/mol. The number of aliphatic hydroxyl groups excluding tert-OH is 3. The van der Waals surface area contributed by atoms with Crippen molar-refractivity contribution in [2.24, 2.45) is 29.6 Å². The molecule has 0 radical (unpaired) electrons. The number of likely N-dealkylation sites (tertiary alicyclic amines) is 1. The van der Waals surface area contributed by atoms with Crippen LogP contribution in [0.1, 0.15) is 86.5 Å². The smallest absolute Gasteiger partial charge is 0.308 e. The zero-order chi connectivity index (χ0) is 34.8. The molecule has 270 valence electrons. The Balaban J connectivity index is 2.02. The van der Waals surface area contributed by atoms with Crippen LogP contribution < -0.4 is 0 Å². The number of ketones is 1. The number of hydrogen-bond acceptors (Lipinski definition) is 10. The summed E-state index contributed by atoms with van der Waals surface area (Å²) in [4.78, 5) is 31.2. The fraction of sp³-hybridized carbons (Fsp3) is 0.838. The molecule has 3 rings (SSSR count). The lowest BCUT2D eigenvalue weighted by Gasteiger charge is -2.47. The Morgan fingerprint density at radius 3 is 2.32 bits per heavy atom. The highest BCUT2D eigenvalue weighted by atomic mass is 16.7. The fourth-order valence-electron chi connectivity index (χ4n) is 7.71. The summed E-state index contributed by atoms with van der Waals surface area (Å²) in [5, 5.41) is 33.3. The molecule has 2 fully saturated rings. The highest BCUT2D eigenvalue weighted by Crippen LogP contribution is 2.36. The van der Waals surface area contributed by atoms with E-state index in [2.05, 4.69) is 11.8 Å². The molecule has 0 saturated carbocycles. The highest BCUT2D eigenvalue weighted by Gasteiger charge is 2.46. The summed E-state index contributed by atoms with van der Waals surface area (Å²) in [5.74, 6) is -1.99. The topological polar surface area (TPSA) is 129 Å². The number of likely N-dealkylation sites (N-methyl/N-ethyl adjacent to an activating group) is 1. The van der Waals surface area contributed by atoms with Gasteiger partial charge in [-0.3, -0.25) is 9.59 Å². The van der Waals surface area contributed by atoms with E-state index in [4.69, 9.17) is 14.2 Å². The summed E-state index contributed by atoms with van der Waals surface area (Å²) in [6.07, 6.45) is 5.86. The van der Waals surface area contributed by atoms with Crippen LogP contribution in [0, 0.1) is 29.6 Å². The minimum absolute atomic E-state index is 0.0112. The number of allylic oxidation sites excluding steroid dienone is 3. The van der Waals surface area contributed by atoms with Crippen molar-refractivity contribution in [1.82, 2.24) is 9.80 Å². The van der Waals surface area contributed by atoms with Crippen LogP contribution in [0.15, 0.2) is 23.8 Å². The molecule has 3 aliphatic rings. The number of aliphatic hydroxyl groups is 3. The van der Waals surface area contributed by atoms with E-state index >= 15 is 0 Å². The number of rotatable bonds is 8. The van der Waals surface area contributed by atoms with Crippen molar-refractivity contribution in [3.63, 3.8) is 0 Å². The van der Waals surface area contributed by atoms with Crippen LogP contribution in [0.2, 0.25) is 0 Å². The molecule has 12 atom stereocenters. The monoisotopic (exact) mass is 664 g/mol. The lowest BCUT2D eigenvalue weighted by atomic mass is 9.79.